The third-order valence-electron chi connectivity index (χ3n) is 3.52. The Bertz CT molecular complexity index is 845. The molecule has 27 heavy (non-hydrogen) atoms. The Balaban J connectivity index is 2.09. The predicted octanol–water partition coefficient (Wildman–Crippen LogP) is 3.87. The SMILES string of the molecule is CO/N=C(\CC(=O)N=C(N)Cc1cc(Cl)cc(Cl)c1)c1ccc(OC)cc1. The molecule has 0 radical (unpaired) electrons. The lowest BCUT2D eigenvalue weighted by Crippen LogP contribution is -2.18. The molecule has 0 aromatic heterocycles. The van der Waals surface area contributed by atoms with Crippen LogP contribution in [0.1, 0.15) is 17.5 Å². The number of oxime groups is 1. The van der Waals surface area contributed by atoms with Crippen molar-refractivity contribution in [2.24, 2.45) is 15.9 Å². The minimum atomic E-state index is -0.438. The summed E-state index contributed by atoms with van der Waals surface area (Å²) in [5, 5.41) is 4.90. The maximum atomic E-state index is 12.3. The molecular formula is C19H19Cl2N3O3. The van der Waals surface area contributed by atoms with Crippen LogP contribution in [0.5, 0.6) is 5.75 Å². The lowest BCUT2D eigenvalue weighted by Gasteiger charge is -2.06. The van der Waals surface area contributed by atoms with Crippen molar-refractivity contribution in [1.82, 2.24) is 0 Å². The quantitative estimate of drug-likeness (QED) is 0.428. The zero-order valence-corrected chi connectivity index (χ0v) is 16.4. The van der Waals surface area contributed by atoms with E-state index >= 15 is 0 Å². The molecule has 0 bridgehead atoms. The molecule has 6 nitrogen and oxygen atoms in total. The summed E-state index contributed by atoms with van der Waals surface area (Å²) < 4.78 is 5.12. The first-order valence-electron chi connectivity index (χ1n) is 7.96. The third kappa shape index (κ3) is 6.58. The molecule has 0 atom stereocenters. The maximum Gasteiger partial charge on any atom is 0.253 e. The van der Waals surface area contributed by atoms with Crippen LogP contribution in [0, 0.1) is 0 Å². The molecule has 0 saturated carbocycles. The Morgan fingerprint density at radius 1 is 1.07 bits per heavy atom. The van der Waals surface area contributed by atoms with Crippen LogP contribution in [0.15, 0.2) is 52.6 Å². The van der Waals surface area contributed by atoms with E-state index in [-0.39, 0.29) is 18.7 Å². The van der Waals surface area contributed by atoms with Crippen molar-refractivity contribution in [3.63, 3.8) is 0 Å². The molecule has 0 fully saturated rings. The van der Waals surface area contributed by atoms with Crippen LogP contribution in [0.25, 0.3) is 0 Å². The first kappa shape index (κ1) is 20.7. The number of carbonyl (C=O) groups is 1. The molecule has 0 heterocycles. The van der Waals surface area contributed by atoms with Gasteiger partial charge in [0.25, 0.3) is 5.91 Å². The van der Waals surface area contributed by atoms with Crippen LogP contribution in [-0.4, -0.2) is 31.7 Å². The smallest absolute Gasteiger partial charge is 0.253 e. The number of amides is 1. The summed E-state index contributed by atoms with van der Waals surface area (Å²) in [7, 11) is 2.99. The molecule has 0 unspecified atom stereocenters. The minimum absolute atomic E-state index is 0.0584. The summed E-state index contributed by atoms with van der Waals surface area (Å²) in [6.07, 6.45) is 0.197. The van der Waals surface area contributed by atoms with E-state index < -0.39 is 5.91 Å². The van der Waals surface area contributed by atoms with Crippen LogP contribution in [0.3, 0.4) is 0 Å². The van der Waals surface area contributed by atoms with Crippen molar-refractivity contribution in [2.45, 2.75) is 12.8 Å². The van der Waals surface area contributed by atoms with E-state index in [0.717, 1.165) is 11.1 Å². The highest BCUT2D eigenvalue weighted by Crippen LogP contribution is 2.19. The van der Waals surface area contributed by atoms with E-state index in [4.69, 9.17) is 38.5 Å². The first-order chi connectivity index (χ1) is 12.9. The van der Waals surface area contributed by atoms with Gasteiger partial charge >= 0.3 is 0 Å². The summed E-state index contributed by atoms with van der Waals surface area (Å²) in [4.78, 5) is 21.0. The number of carbonyl (C=O) groups excluding carboxylic acids is 1. The third-order valence-corrected chi connectivity index (χ3v) is 3.96. The zero-order chi connectivity index (χ0) is 19.8. The molecule has 2 aromatic carbocycles. The molecule has 0 aliphatic rings. The number of ether oxygens (including phenoxy) is 1. The molecule has 2 aromatic rings. The molecule has 0 aliphatic heterocycles. The van der Waals surface area contributed by atoms with E-state index in [1.165, 1.54) is 7.11 Å². The Morgan fingerprint density at radius 3 is 2.26 bits per heavy atom. The van der Waals surface area contributed by atoms with E-state index in [9.17, 15) is 4.79 Å². The number of hydrogen-bond acceptors (Lipinski definition) is 4. The number of methoxy groups -OCH3 is 1. The summed E-state index contributed by atoms with van der Waals surface area (Å²) in [5.74, 6) is 0.418. The Morgan fingerprint density at radius 2 is 1.70 bits per heavy atom. The van der Waals surface area contributed by atoms with Gasteiger partial charge in [0.1, 0.15) is 18.7 Å². The van der Waals surface area contributed by atoms with Crippen molar-refractivity contribution in [3.05, 3.63) is 63.6 Å². The first-order valence-corrected chi connectivity index (χ1v) is 8.72. The van der Waals surface area contributed by atoms with Crippen molar-refractivity contribution in [2.75, 3.05) is 14.2 Å². The van der Waals surface area contributed by atoms with E-state index in [1.807, 2.05) is 0 Å². The second-order valence-corrected chi connectivity index (χ2v) is 6.45. The zero-order valence-electron chi connectivity index (χ0n) is 14.9. The molecule has 8 heteroatoms. The van der Waals surface area contributed by atoms with Gasteiger partial charge in [-0.2, -0.15) is 0 Å². The van der Waals surface area contributed by atoms with E-state index in [2.05, 4.69) is 10.1 Å². The van der Waals surface area contributed by atoms with Crippen LogP contribution in [0.4, 0.5) is 0 Å². The minimum Gasteiger partial charge on any atom is -0.497 e. The standard InChI is InChI=1S/C19H19Cl2N3O3/c1-26-16-5-3-13(4-6-16)17(24-27-2)11-19(25)23-18(22)9-12-7-14(20)10-15(21)8-12/h3-8,10H,9,11H2,1-2H3,(H2,22,23,25)/b24-17+. The number of aliphatic imine (C=N–C) groups is 1. The fraction of sp³-hybridized carbons (Fsp3) is 0.211. The highest BCUT2D eigenvalue weighted by molar-refractivity contribution is 6.34. The molecule has 2 N–H and O–H groups in total. The second kappa shape index (κ2) is 9.94. The number of nitrogens with two attached hydrogens (primary N) is 1. The topological polar surface area (TPSA) is 86.3 Å². The molecule has 0 saturated heterocycles. The van der Waals surface area contributed by atoms with Gasteiger partial charge in [-0.05, 0) is 48.0 Å². The van der Waals surface area contributed by atoms with Gasteiger partial charge in [-0.1, -0.05) is 28.4 Å². The van der Waals surface area contributed by atoms with Gasteiger partial charge in [-0.3, -0.25) is 4.79 Å². The van der Waals surface area contributed by atoms with Gasteiger partial charge in [0.15, 0.2) is 0 Å². The Kier molecular flexibility index (Phi) is 7.64. The predicted molar refractivity (Wildman–Crippen MR) is 108 cm³/mol. The average Bonchev–Trinajstić information content (AvgIpc) is 2.60. The molecular weight excluding hydrogens is 389 g/mol. The number of halogens is 2. The van der Waals surface area contributed by atoms with E-state index in [1.54, 1.807) is 49.6 Å². The fourth-order valence-corrected chi connectivity index (χ4v) is 2.96. The number of nitrogens with zero attached hydrogens (tertiary/aromatic N) is 2. The van der Waals surface area contributed by atoms with Crippen LogP contribution < -0.4 is 10.5 Å². The summed E-state index contributed by atoms with van der Waals surface area (Å²) in [6, 6.07) is 12.2. The summed E-state index contributed by atoms with van der Waals surface area (Å²) in [5.41, 5.74) is 7.82. The van der Waals surface area contributed by atoms with Gasteiger partial charge in [-0.15, -0.1) is 0 Å². The highest BCUT2D eigenvalue weighted by atomic mass is 35.5. The summed E-state index contributed by atoms with van der Waals surface area (Å²) >= 11 is 11.9. The number of benzene rings is 2. The summed E-state index contributed by atoms with van der Waals surface area (Å²) in [6.45, 7) is 0. The largest absolute Gasteiger partial charge is 0.497 e. The van der Waals surface area contributed by atoms with Crippen LogP contribution in [-0.2, 0) is 16.1 Å². The van der Waals surface area contributed by atoms with E-state index in [0.29, 0.717) is 21.5 Å². The maximum absolute atomic E-state index is 12.3. The lowest BCUT2D eigenvalue weighted by atomic mass is 10.1. The monoisotopic (exact) mass is 407 g/mol. The molecule has 0 spiro atoms. The van der Waals surface area contributed by atoms with Crippen molar-refractivity contribution in [3.8, 4) is 5.75 Å². The highest BCUT2D eigenvalue weighted by Gasteiger charge is 2.12. The molecule has 1 amide bonds. The Hall–Kier alpha value is -2.57. The molecule has 0 aliphatic carbocycles. The van der Waals surface area contributed by atoms with Crippen LogP contribution >= 0.6 is 23.2 Å². The van der Waals surface area contributed by atoms with Gasteiger partial charge in [0.05, 0.1) is 19.2 Å². The average molecular weight is 408 g/mol. The fourth-order valence-electron chi connectivity index (χ4n) is 2.39. The second-order valence-electron chi connectivity index (χ2n) is 5.58. The van der Waals surface area contributed by atoms with Gasteiger partial charge in [0.2, 0.25) is 0 Å². The van der Waals surface area contributed by atoms with Gasteiger partial charge in [0, 0.05) is 22.0 Å². The van der Waals surface area contributed by atoms with Crippen molar-refractivity contribution >= 4 is 40.7 Å². The van der Waals surface area contributed by atoms with Crippen molar-refractivity contribution in [1.29, 1.82) is 0 Å². The van der Waals surface area contributed by atoms with Gasteiger partial charge < -0.3 is 15.3 Å². The molecule has 2 rings (SSSR count). The normalized spacial score (nSPS) is 12.0. The van der Waals surface area contributed by atoms with Crippen LogP contribution in [0.2, 0.25) is 10.0 Å². The Labute approximate surface area is 167 Å². The van der Waals surface area contributed by atoms with Gasteiger partial charge in [-0.25, -0.2) is 4.99 Å². The number of hydrogen-bond donors (Lipinski definition) is 1. The number of amidine groups is 1. The lowest BCUT2D eigenvalue weighted by molar-refractivity contribution is -0.116. The molecule has 142 valence electrons. The number of rotatable bonds is 7. The van der Waals surface area contributed by atoms with Crippen molar-refractivity contribution < 1.29 is 14.4 Å².